The van der Waals surface area contributed by atoms with Crippen LogP contribution in [-0.2, 0) is 13.1 Å². The van der Waals surface area contributed by atoms with Gasteiger partial charge in [0.05, 0.1) is 17.9 Å². The van der Waals surface area contributed by atoms with E-state index in [1.54, 1.807) is 6.20 Å². The quantitative estimate of drug-likeness (QED) is 0.518. The van der Waals surface area contributed by atoms with Crippen molar-refractivity contribution in [2.24, 2.45) is 0 Å². The number of benzene rings is 2. The number of fused-ring (bicyclic) bond motifs is 1. The van der Waals surface area contributed by atoms with Crippen molar-refractivity contribution in [2.45, 2.75) is 13.1 Å². The van der Waals surface area contributed by atoms with Gasteiger partial charge < -0.3 is 10.6 Å². The Kier molecular flexibility index (Phi) is 4.74. The third-order valence-corrected chi connectivity index (χ3v) is 5.41. The molecule has 0 saturated carbocycles. The number of hydrogen-bond donors (Lipinski definition) is 1. The molecule has 4 heteroatoms. The maximum atomic E-state index is 6.04. The Bertz CT molecular complexity index is 1200. The first kappa shape index (κ1) is 18.1. The highest BCUT2D eigenvalue weighted by molar-refractivity contribution is 5.86. The number of hydrogen-bond acceptors (Lipinski definition) is 4. The summed E-state index contributed by atoms with van der Waals surface area (Å²) in [6, 6.07) is 25.1. The van der Waals surface area contributed by atoms with E-state index in [1.807, 2.05) is 30.6 Å². The van der Waals surface area contributed by atoms with Crippen LogP contribution in [0, 0.1) is 0 Å². The molecule has 2 aromatic heterocycles. The van der Waals surface area contributed by atoms with E-state index in [9.17, 15) is 0 Å². The van der Waals surface area contributed by atoms with E-state index < -0.39 is 0 Å². The second-order valence-electron chi connectivity index (χ2n) is 7.45. The van der Waals surface area contributed by atoms with Crippen molar-refractivity contribution in [3.8, 4) is 11.1 Å². The van der Waals surface area contributed by atoms with E-state index in [0.29, 0.717) is 12.2 Å². The minimum atomic E-state index is 0.662. The molecule has 0 radical (unpaired) electrons. The van der Waals surface area contributed by atoms with Crippen molar-refractivity contribution < 1.29 is 0 Å². The molecule has 146 valence electrons. The molecule has 4 nitrogen and oxygen atoms in total. The van der Waals surface area contributed by atoms with Gasteiger partial charge in [0.15, 0.2) is 0 Å². The number of anilines is 1. The van der Waals surface area contributed by atoms with Gasteiger partial charge in [0.25, 0.3) is 0 Å². The molecule has 4 aromatic rings. The van der Waals surface area contributed by atoms with Crippen molar-refractivity contribution in [2.75, 3.05) is 5.73 Å². The molecule has 0 amide bonds. The van der Waals surface area contributed by atoms with Gasteiger partial charge in [0, 0.05) is 36.4 Å². The maximum Gasteiger partial charge on any atom is 0.0606 e. The van der Waals surface area contributed by atoms with E-state index >= 15 is 0 Å². The minimum Gasteiger partial charge on any atom is -0.397 e. The Labute approximate surface area is 176 Å². The number of aromatic nitrogens is 2. The first-order valence-electron chi connectivity index (χ1n) is 10.0. The van der Waals surface area contributed by atoms with E-state index in [0.717, 1.165) is 23.5 Å². The minimum absolute atomic E-state index is 0.662. The van der Waals surface area contributed by atoms with Crippen LogP contribution in [0.15, 0.2) is 91.4 Å². The van der Waals surface area contributed by atoms with Gasteiger partial charge in [-0.25, -0.2) is 0 Å². The lowest BCUT2D eigenvalue weighted by atomic mass is 9.91. The number of nitrogen functional groups attached to an aromatic ring is 1. The molecule has 0 saturated heterocycles. The van der Waals surface area contributed by atoms with Gasteiger partial charge in [0.2, 0.25) is 0 Å². The highest BCUT2D eigenvalue weighted by Gasteiger charge is 2.23. The summed E-state index contributed by atoms with van der Waals surface area (Å²) >= 11 is 0. The zero-order valence-electron chi connectivity index (χ0n) is 16.6. The Hall–Kier alpha value is -3.92. The number of pyridine rings is 2. The zero-order valence-corrected chi connectivity index (χ0v) is 16.6. The highest BCUT2D eigenvalue weighted by Crippen LogP contribution is 2.37. The molecule has 0 bridgehead atoms. The Morgan fingerprint density at radius 3 is 2.53 bits per heavy atom. The fourth-order valence-corrected chi connectivity index (χ4v) is 4.01. The first-order valence-corrected chi connectivity index (χ1v) is 10.0. The summed E-state index contributed by atoms with van der Waals surface area (Å²) in [5, 5.41) is 0. The number of rotatable bonds is 4. The monoisotopic (exact) mass is 390 g/mol. The van der Waals surface area contributed by atoms with Crippen LogP contribution in [0.1, 0.15) is 22.4 Å². The van der Waals surface area contributed by atoms with Crippen molar-refractivity contribution in [1.29, 1.82) is 0 Å². The standard InChI is InChI=1S/C26H22N4/c27-22-13-21(15-28-16-22)26-14-20-9-6-11-24(19-7-2-1-3-8-19)25(20)18-30(26)17-23-10-4-5-12-29-23/h1-16H,17-18,27H2. The van der Waals surface area contributed by atoms with Crippen LogP contribution < -0.4 is 5.73 Å². The van der Waals surface area contributed by atoms with Crippen molar-refractivity contribution in [3.05, 3.63) is 114 Å². The van der Waals surface area contributed by atoms with Gasteiger partial charge in [-0.15, -0.1) is 0 Å². The largest absolute Gasteiger partial charge is 0.397 e. The third-order valence-electron chi connectivity index (χ3n) is 5.41. The predicted molar refractivity (Wildman–Crippen MR) is 122 cm³/mol. The summed E-state index contributed by atoms with van der Waals surface area (Å²) in [6.07, 6.45) is 7.63. The summed E-state index contributed by atoms with van der Waals surface area (Å²) in [6.45, 7) is 1.50. The topological polar surface area (TPSA) is 55.0 Å². The van der Waals surface area contributed by atoms with E-state index in [2.05, 4.69) is 75.5 Å². The van der Waals surface area contributed by atoms with Crippen LogP contribution in [0.3, 0.4) is 0 Å². The lowest BCUT2D eigenvalue weighted by molar-refractivity contribution is 0.377. The van der Waals surface area contributed by atoms with Gasteiger partial charge in [0.1, 0.15) is 0 Å². The number of nitrogens with two attached hydrogens (primary N) is 1. The molecule has 0 fully saturated rings. The molecule has 5 rings (SSSR count). The van der Waals surface area contributed by atoms with Crippen LogP contribution >= 0.6 is 0 Å². The van der Waals surface area contributed by atoms with E-state index in [4.69, 9.17) is 5.73 Å². The molecule has 1 aliphatic rings. The summed E-state index contributed by atoms with van der Waals surface area (Å²) < 4.78 is 0. The average Bonchev–Trinajstić information content (AvgIpc) is 2.79. The lowest BCUT2D eigenvalue weighted by Crippen LogP contribution is -2.25. The molecule has 2 aromatic carbocycles. The molecule has 2 N–H and O–H groups in total. The molecule has 3 heterocycles. The molecule has 0 atom stereocenters. The normalized spacial score (nSPS) is 12.9. The summed E-state index contributed by atoms with van der Waals surface area (Å²) in [5.41, 5.74) is 14.9. The Morgan fingerprint density at radius 1 is 0.867 bits per heavy atom. The number of nitrogens with zero attached hydrogens (tertiary/aromatic N) is 3. The summed E-state index contributed by atoms with van der Waals surface area (Å²) in [4.78, 5) is 11.2. The fourth-order valence-electron chi connectivity index (χ4n) is 4.01. The van der Waals surface area contributed by atoms with Crippen LogP contribution in [-0.4, -0.2) is 14.9 Å². The summed E-state index contributed by atoms with van der Waals surface area (Å²) in [7, 11) is 0. The summed E-state index contributed by atoms with van der Waals surface area (Å²) in [5.74, 6) is 0. The smallest absolute Gasteiger partial charge is 0.0606 e. The van der Waals surface area contributed by atoms with Crippen molar-refractivity contribution in [3.63, 3.8) is 0 Å². The van der Waals surface area contributed by atoms with Crippen LogP contribution in [0.5, 0.6) is 0 Å². The Balaban J connectivity index is 1.63. The van der Waals surface area contributed by atoms with Crippen molar-refractivity contribution >= 4 is 17.5 Å². The van der Waals surface area contributed by atoms with E-state index in [1.165, 1.54) is 22.3 Å². The van der Waals surface area contributed by atoms with Crippen LogP contribution in [0.25, 0.3) is 22.9 Å². The predicted octanol–water partition coefficient (Wildman–Crippen LogP) is 5.24. The molecule has 0 aliphatic carbocycles. The van der Waals surface area contributed by atoms with Crippen LogP contribution in [0.4, 0.5) is 5.69 Å². The molecular formula is C26H22N4. The third kappa shape index (κ3) is 3.55. The zero-order chi connectivity index (χ0) is 20.3. The molecule has 30 heavy (non-hydrogen) atoms. The van der Waals surface area contributed by atoms with Crippen molar-refractivity contribution in [1.82, 2.24) is 14.9 Å². The van der Waals surface area contributed by atoms with Gasteiger partial charge in [-0.2, -0.15) is 0 Å². The van der Waals surface area contributed by atoms with Crippen LogP contribution in [0.2, 0.25) is 0 Å². The SMILES string of the molecule is Nc1cncc(C2=Cc3cccc(-c4ccccc4)c3CN2Cc2ccccn2)c1. The second-order valence-corrected chi connectivity index (χ2v) is 7.45. The maximum absolute atomic E-state index is 6.04. The first-order chi connectivity index (χ1) is 14.8. The fraction of sp³-hybridized carbons (Fsp3) is 0.0769. The highest BCUT2D eigenvalue weighted by atomic mass is 15.1. The van der Waals surface area contributed by atoms with Gasteiger partial charge in [-0.05, 0) is 46.5 Å². The lowest BCUT2D eigenvalue weighted by Gasteiger charge is -2.33. The second kappa shape index (κ2) is 7.84. The molecular weight excluding hydrogens is 368 g/mol. The molecule has 1 aliphatic heterocycles. The van der Waals surface area contributed by atoms with Gasteiger partial charge in [-0.3, -0.25) is 9.97 Å². The van der Waals surface area contributed by atoms with Gasteiger partial charge >= 0.3 is 0 Å². The van der Waals surface area contributed by atoms with E-state index in [-0.39, 0.29) is 0 Å². The molecule has 0 unspecified atom stereocenters. The van der Waals surface area contributed by atoms with Gasteiger partial charge in [-0.1, -0.05) is 54.6 Å². The Morgan fingerprint density at radius 2 is 1.73 bits per heavy atom. The molecule has 0 spiro atoms. The average molecular weight is 390 g/mol.